The molecule has 0 aromatic heterocycles. The quantitative estimate of drug-likeness (QED) is 0.415. The van der Waals surface area contributed by atoms with Gasteiger partial charge in [-0.25, -0.2) is 10.9 Å². The van der Waals surface area contributed by atoms with E-state index >= 15 is 0 Å². The van der Waals surface area contributed by atoms with E-state index in [1.807, 2.05) is 11.8 Å². The lowest BCUT2D eigenvalue weighted by Gasteiger charge is -2.37. The van der Waals surface area contributed by atoms with Crippen LogP contribution in [0.2, 0.25) is 0 Å². The number of piperidine rings is 2. The predicted molar refractivity (Wildman–Crippen MR) is 104 cm³/mol. The van der Waals surface area contributed by atoms with Gasteiger partial charge in [-0.1, -0.05) is 6.92 Å². The van der Waals surface area contributed by atoms with E-state index < -0.39 is 18.6 Å². The van der Waals surface area contributed by atoms with E-state index in [2.05, 4.69) is 50.4 Å². The number of hydrogen-bond acceptors (Lipinski definition) is 8. The molecule has 29 heavy (non-hydrogen) atoms. The molecule has 3 rings (SSSR count). The van der Waals surface area contributed by atoms with Crippen LogP contribution in [0.1, 0.15) is 39.0 Å². The fourth-order valence-electron chi connectivity index (χ4n) is 4.02. The summed E-state index contributed by atoms with van der Waals surface area (Å²) in [7, 11) is 2.05. The van der Waals surface area contributed by atoms with Crippen LogP contribution in [0.4, 0.5) is 13.2 Å². The van der Waals surface area contributed by atoms with Crippen molar-refractivity contribution in [2.45, 2.75) is 74.6 Å². The zero-order chi connectivity index (χ0) is 21.0. The van der Waals surface area contributed by atoms with Crippen LogP contribution in [0.3, 0.4) is 0 Å². The number of halogens is 3. The number of hydrogen-bond donors (Lipinski definition) is 5. The number of nitrogens with zero attached hydrogens (tertiary/aromatic N) is 1. The van der Waals surface area contributed by atoms with Crippen molar-refractivity contribution in [3.8, 4) is 0 Å². The van der Waals surface area contributed by atoms with Crippen molar-refractivity contribution in [1.82, 2.24) is 31.7 Å². The lowest BCUT2D eigenvalue weighted by atomic mass is 9.92. The average Bonchev–Trinajstić information content (AvgIpc) is 3.05. The van der Waals surface area contributed by atoms with Gasteiger partial charge in [0.15, 0.2) is 0 Å². The van der Waals surface area contributed by atoms with E-state index in [1.165, 1.54) is 0 Å². The minimum absolute atomic E-state index is 0.178. The third-order valence-electron chi connectivity index (χ3n) is 5.66. The second-order valence-electron chi connectivity index (χ2n) is 7.93. The third-order valence-corrected chi connectivity index (χ3v) is 7.21. The monoisotopic (exact) mass is 440 g/mol. The third kappa shape index (κ3) is 6.94. The molecule has 3 heterocycles. The van der Waals surface area contributed by atoms with Crippen LogP contribution in [0.5, 0.6) is 0 Å². The molecule has 168 valence electrons. The van der Waals surface area contributed by atoms with E-state index in [9.17, 15) is 18.0 Å². The summed E-state index contributed by atoms with van der Waals surface area (Å²) in [5.74, 6) is 0.156. The molecule has 5 N–H and O–H groups in total. The van der Waals surface area contributed by atoms with Crippen LogP contribution in [0.15, 0.2) is 0 Å². The molecule has 0 aromatic carbocycles. The van der Waals surface area contributed by atoms with Gasteiger partial charge in [0.1, 0.15) is 11.7 Å². The summed E-state index contributed by atoms with van der Waals surface area (Å²) >= 11 is 1.85. The van der Waals surface area contributed by atoms with Gasteiger partial charge in [0.05, 0.1) is 18.9 Å². The maximum atomic E-state index is 12.6. The number of rotatable bonds is 6. The molecule has 5 unspecified atom stereocenters. The second kappa shape index (κ2) is 10.1. The van der Waals surface area contributed by atoms with E-state index in [-0.39, 0.29) is 24.0 Å². The molecule has 1 amide bonds. The maximum absolute atomic E-state index is 12.6. The van der Waals surface area contributed by atoms with Crippen molar-refractivity contribution < 1.29 is 22.7 Å². The Labute approximate surface area is 173 Å². The lowest BCUT2D eigenvalue weighted by molar-refractivity contribution is -0.349. The molecule has 0 radical (unpaired) electrons. The van der Waals surface area contributed by atoms with Crippen LogP contribution in [-0.2, 0) is 9.53 Å². The summed E-state index contributed by atoms with van der Waals surface area (Å²) in [5, 5.41) is 9.35. The van der Waals surface area contributed by atoms with Crippen LogP contribution in [-0.4, -0.2) is 66.6 Å². The Morgan fingerprint density at radius 3 is 2.79 bits per heavy atom. The van der Waals surface area contributed by atoms with Gasteiger partial charge in [0.25, 0.3) is 0 Å². The highest BCUT2D eigenvalue weighted by Crippen LogP contribution is 2.31. The first-order valence-corrected chi connectivity index (χ1v) is 11.0. The number of hydrazine groups is 1. The van der Waals surface area contributed by atoms with E-state index in [1.54, 1.807) is 0 Å². The average molecular weight is 441 g/mol. The smallest absolute Gasteiger partial charge is 0.339 e. The number of carbonyl (C=O) groups is 1. The largest absolute Gasteiger partial charge is 0.524 e. The number of thioether (sulfide) groups is 1. The van der Waals surface area contributed by atoms with Gasteiger partial charge in [-0.05, 0) is 51.6 Å². The zero-order valence-electron chi connectivity index (χ0n) is 16.7. The summed E-state index contributed by atoms with van der Waals surface area (Å²) in [6.45, 7) is 3.79. The predicted octanol–water partition coefficient (Wildman–Crippen LogP) is 0.835. The molecule has 0 bridgehead atoms. The molecule has 3 saturated heterocycles. The topological polar surface area (TPSA) is 89.7 Å². The summed E-state index contributed by atoms with van der Waals surface area (Å²) in [6, 6.07) is -0.674. The molecule has 0 aliphatic carbocycles. The van der Waals surface area contributed by atoms with Crippen molar-refractivity contribution in [2.24, 2.45) is 5.92 Å². The Morgan fingerprint density at radius 1 is 1.31 bits per heavy atom. The summed E-state index contributed by atoms with van der Waals surface area (Å²) in [5.41, 5.74) is 6.57. The number of nitrogens with one attached hydrogen (secondary N) is 5. The van der Waals surface area contributed by atoms with Crippen LogP contribution >= 0.6 is 11.8 Å². The van der Waals surface area contributed by atoms with E-state index in [0.29, 0.717) is 24.0 Å². The molecule has 8 nitrogen and oxygen atoms in total. The number of amides is 1. The molecule has 0 aromatic rings. The molecule has 6 atom stereocenters. The van der Waals surface area contributed by atoms with Gasteiger partial charge in [-0.3, -0.25) is 25.1 Å². The fourth-order valence-corrected chi connectivity index (χ4v) is 5.33. The summed E-state index contributed by atoms with van der Waals surface area (Å²) < 4.78 is 41.4. The van der Waals surface area contributed by atoms with E-state index in [4.69, 9.17) is 0 Å². The highest BCUT2D eigenvalue weighted by molar-refractivity contribution is 8.00. The first kappa shape index (κ1) is 23.0. The molecule has 3 aliphatic rings. The Balaban J connectivity index is 1.46. The summed E-state index contributed by atoms with van der Waals surface area (Å²) in [6.07, 6.45) is -3.00. The van der Waals surface area contributed by atoms with Crippen molar-refractivity contribution in [1.29, 1.82) is 0 Å². The minimum Gasteiger partial charge on any atom is -0.339 e. The number of alkyl halides is 3. The molecule has 3 aliphatic heterocycles. The molecular formula is C17H31F3N6O2S. The highest BCUT2D eigenvalue weighted by Gasteiger charge is 2.38. The first-order chi connectivity index (χ1) is 13.7. The Hall–Kier alpha value is -0.630. The van der Waals surface area contributed by atoms with Crippen molar-refractivity contribution >= 4 is 17.7 Å². The fraction of sp³-hybridized carbons (Fsp3) is 0.941. The normalized spacial score (nSPS) is 35.4. The Kier molecular flexibility index (Phi) is 8.04. The second-order valence-corrected chi connectivity index (χ2v) is 9.39. The van der Waals surface area contributed by atoms with Gasteiger partial charge in [0.2, 0.25) is 5.91 Å². The molecule has 3 fully saturated rings. The highest BCUT2D eigenvalue weighted by atomic mass is 32.2. The van der Waals surface area contributed by atoms with Gasteiger partial charge in [0, 0.05) is 5.25 Å². The van der Waals surface area contributed by atoms with Crippen LogP contribution < -0.4 is 26.8 Å². The van der Waals surface area contributed by atoms with E-state index in [0.717, 1.165) is 26.1 Å². The van der Waals surface area contributed by atoms with Crippen molar-refractivity contribution in [3.05, 3.63) is 0 Å². The van der Waals surface area contributed by atoms with Gasteiger partial charge >= 0.3 is 6.36 Å². The maximum Gasteiger partial charge on any atom is 0.524 e. The molecule has 12 heteroatoms. The number of ether oxygens (including phenoxy) is 1. The van der Waals surface area contributed by atoms with Crippen molar-refractivity contribution in [3.63, 3.8) is 0 Å². The molecular weight excluding hydrogens is 409 g/mol. The SMILES string of the molecule is C[C@H](SC1NNCN1C)C1CCNC(NC(=O)C2CCCC(OC(F)(F)F)N2)C1. The van der Waals surface area contributed by atoms with Crippen molar-refractivity contribution in [2.75, 3.05) is 20.3 Å². The van der Waals surface area contributed by atoms with Gasteiger partial charge in [-0.15, -0.1) is 24.9 Å². The Morgan fingerprint density at radius 2 is 2.10 bits per heavy atom. The van der Waals surface area contributed by atoms with Crippen LogP contribution in [0, 0.1) is 5.92 Å². The zero-order valence-corrected chi connectivity index (χ0v) is 17.5. The molecule has 0 spiro atoms. The molecule has 0 saturated carbocycles. The standard InChI is InChI=1S/C17H31F3N6O2S/c1-10(29-16-25-22-9-26(16)2)11-6-7-21-13(8-11)24-15(27)12-4-3-5-14(23-12)28-17(18,19)20/h10-14,16,21-23,25H,3-9H2,1-2H3,(H,24,27)/t10-,11?,12?,13?,14?,16?/m0/s1. The number of carbonyl (C=O) groups excluding carboxylic acids is 1. The van der Waals surface area contributed by atoms with Crippen LogP contribution in [0.25, 0.3) is 0 Å². The first-order valence-electron chi connectivity index (χ1n) is 10.1. The lowest BCUT2D eigenvalue weighted by Crippen LogP contribution is -2.58. The Bertz CT molecular complexity index is 558. The minimum atomic E-state index is -4.71. The van der Waals surface area contributed by atoms with Gasteiger partial charge in [-0.2, -0.15) is 0 Å². The van der Waals surface area contributed by atoms with Gasteiger partial charge < -0.3 is 5.32 Å². The summed E-state index contributed by atoms with van der Waals surface area (Å²) in [4.78, 5) is 14.8.